The van der Waals surface area contributed by atoms with E-state index >= 15 is 0 Å². The second-order valence-corrected chi connectivity index (χ2v) is 6.30. The highest BCUT2D eigenvalue weighted by molar-refractivity contribution is 7.99. The van der Waals surface area contributed by atoms with Gasteiger partial charge in [-0.25, -0.2) is 0 Å². The van der Waals surface area contributed by atoms with Crippen molar-refractivity contribution >= 4 is 29.1 Å². The van der Waals surface area contributed by atoms with Gasteiger partial charge in [0.05, 0.1) is 0 Å². The summed E-state index contributed by atoms with van der Waals surface area (Å²) in [5, 5.41) is 2.66. The van der Waals surface area contributed by atoms with Crippen LogP contribution < -0.4 is 10.1 Å². The highest BCUT2D eigenvalue weighted by Gasteiger charge is 2.15. The molecule has 0 spiro atoms. The number of amides is 1. The van der Waals surface area contributed by atoms with Crippen molar-refractivity contribution in [2.45, 2.75) is 30.6 Å². The maximum atomic E-state index is 12.3. The number of ether oxygens (including phenoxy) is 1. The summed E-state index contributed by atoms with van der Waals surface area (Å²) in [5.41, 5.74) is 1.05. The van der Waals surface area contributed by atoms with Crippen molar-refractivity contribution in [3.8, 4) is 5.75 Å². The average Bonchev–Trinajstić information content (AvgIpc) is 2.56. The van der Waals surface area contributed by atoms with Crippen LogP contribution in [0.4, 0.5) is 14.5 Å². The number of anilines is 1. The van der Waals surface area contributed by atoms with Crippen LogP contribution >= 0.6 is 11.8 Å². The second kappa shape index (κ2) is 8.62. The molecule has 0 bridgehead atoms. The quantitative estimate of drug-likeness (QED) is 0.575. The summed E-state index contributed by atoms with van der Waals surface area (Å²) in [6.45, 7) is 3.06. The van der Waals surface area contributed by atoms with Crippen LogP contribution in [0.3, 0.4) is 0 Å². The Morgan fingerprint density at radius 3 is 2.16 bits per heavy atom. The van der Waals surface area contributed by atoms with Crippen molar-refractivity contribution in [1.29, 1.82) is 0 Å². The summed E-state index contributed by atoms with van der Waals surface area (Å²) in [6, 6.07) is 12.6. The predicted molar refractivity (Wildman–Crippen MR) is 93.5 cm³/mol. The molecule has 1 atom stereocenters. The number of nitrogens with one attached hydrogen (secondary N) is 1. The fourth-order valence-corrected chi connectivity index (χ4v) is 2.49. The van der Waals surface area contributed by atoms with Crippen molar-refractivity contribution in [3.63, 3.8) is 0 Å². The van der Waals surface area contributed by atoms with Crippen LogP contribution in [0, 0.1) is 0 Å². The van der Waals surface area contributed by atoms with Crippen LogP contribution in [-0.2, 0) is 4.79 Å². The topological polar surface area (TPSA) is 55.4 Å². The first-order chi connectivity index (χ1) is 11.8. The number of thioether (sulfide) groups is 1. The number of carbonyl (C=O) groups is 2. The highest BCUT2D eigenvalue weighted by atomic mass is 32.2. The first-order valence-corrected chi connectivity index (χ1v) is 8.36. The van der Waals surface area contributed by atoms with E-state index in [9.17, 15) is 18.4 Å². The van der Waals surface area contributed by atoms with Crippen molar-refractivity contribution in [2.75, 3.05) is 5.32 Å². The van der Waals surface area contributed by atoms with Gasteiger partial charge in [0.2, 0.25) is 0 Å². The molecule has 25 heavy (non-hydrogen) atoms. The molecule has 2 aromatic rings. The highest BCUT2D eigenvalue weighted by Crippen LogP contribution is 2.26. The lowest BCUT2D eigenvalue weighted by atomic mass is 10.1. The van der Waals surface area contributed by atoms with Crippen LogP contribution in [0.5, 0.6) is 5.75 Å². The number of rotatable bonds is 7. The minimum absolute atomic E-state index is 0.0502. The molecule has 132 valence electrons. The summed E-state index contributed by atoms with van der Waals surface area (Å²) in [7, 11) is 0. The molecular formula is C18H17F2NO3S. The van der Waals surface area contributed by atoms with Gasteiger partial charge in [-0.3, -0.25) is 9.59 Å². The molecule has 1 amide bonds. The van der Waals surface area contributed by atoms with Crippen molar-refractivity contribution in [1.82, 2.24) is 0 Å². The van der Waals surface area contributed by atoms with Gasteiger partial charge in [-0.05, 0) is 62.4 Å². The van der Waals surface area contributed by atoms with E-state index in [1.54, 1.807) is 43.3 Å². The maximum absolute atomic E-state index is 12.3. The predicted octanol–water partition coefficient (Wildman–Crippen LogP) is 4.61. The summed E-state index contributed by atoms with van der Waals surface area (Å²) in [4.78, 5) is 23.8. The molecule has 0 unspecified atom stereocenters. The number of hydrogen-bond donors (Lipinski definition) is 1. The van der Waals surface area contributed by atoms with Gasteiger partial charge in [0.25, 0.3) is 11.7 Å². The first kappa shape index (κ1) is 18.9. The van der Waals surface area contributed by atoms with E-state index in [0.29, 0.717) is 33.7 Å². The molecule has 7 heteroatoms. The zero-order valence-electron chi connectivity index (χ0n) is 13.7. The Kier molecular flexibility index (Phi) is 6.52. The summed E-state index contributed by atoms with van der Waals surface area (Å²) >= 11 is 0.442. The van der Waals surface area contributed by atoms with Crippen LogP contribution in [0.25, 0.3) is 0 Å². The molecule has 0 aliphatic rings. The molecular weight excluding hydrogens is 348 g/mol. The number of alkyl halides is 2. The largest absolute Gasteiger partial charge is 0.481 e. The van der Waals surface area contributed by atoms with E-state index in [4.69, 9.17) is 4.74 Å². The Bertz CT molecular complexity index is 733. The van der Waals surface area contributed by atoms with Crippen LogP contribution in [0.1, 0.15) is 24.2 Å². The maximum Gasteiger partial charge on any atom is 0.288 e. The Hall–Kier alpha value is -2.41. The third-order valence-electron chi connectivity index (χ3n) is 3.29. The monoisotopic (exact) mass is 365 g/mol. The van der Waals surface area contributed by atoms with Gasteiger partial charge in [-0.15, -0.1) is 0 Å². The van der Waals surface area contributed by atoms with E-state index < -0.39 is 11.9 Å². The summed E-state index contributed by atoms with van der Waals surface area (Å²) in [6.07, 6.45) is -0.765. The molecule has 0 heterocycles. The Morgan fingerprint density at radius 1 is 1.04 bits per heavy atom. The molecule has 0 saturated heterocycles. The standard InChI is InChI=1S/C18H17F2NO3S/c1-11(22)13-3-7-15(8-4-13)24-12(2)17(23)21-14-5-9-16(10-6-14)25-18(19)20/h3-10,12,18H,1-2H3,(H,21,23)/t12-/m0/s1. The molecule has 1 N–H and O–H groups in total. The van der Waals surface area contributed by atoms with Crippen molar-refractivity contribution in [3.05, 3.63) is 54.1 Å². The van der Waals surface area contributed by atoms with Gasteiger partial charge in [-0.1, -0.05) is 11.8 Å². The number of ketones is 1. The van der Waals surface area contributed by atoms with Crippen LogP contribution in [-0.4, -0.2) is 23.6 Å². The molecule has 0 saturated carbocycles. The zero-order chi connectivity index (χ0) is 18.4. The molecule has 0 fully saturated rings. The van der Waals surface area contributed by atoms with Gasteiger partial charge in [0.15, 0.2) is 11.9 Å². The smallest absolute Gasteiger partial charge is 0.288 e. The zero-order valence-corrected chi connectivity index (χ0v) is 14.5. The Labute approximate surface area is 148 Å². The van der Waals surface area contributed by atoms with Crippen molar-refractivity contribution in [2.24, 2.45) is 0 Å². The van der Waals surface area contributed by atoms with Crippen LogP contribution in [0.2, 0.25) is 0 Å². The van der Waals surface area contributed by atoms with E-state index in [1.165, 1.54) is 19.1 Å². The average molecular weight is 365 g/mol. The molecule has 0 aromatic heterocycles. The Morgan fingerprint density at radius 2 is 1.64 bits per heavy atom. The fourth-order valence-electron chi connectivity index (χ4n) is 1.99. The van der Waals surface area contributed by atoms with E-state index in [1.807, 2.05) is 0 Å². The van der Waals surface area contributed by atoms with Crippen molar-refractivity contribution < 1.29 is 23.1 Å². The number of carbonyl (C=O) groups excluding carboxylic acids is 2. The molecule has 4 nitrogen and oxygen atoms in total. The number of benzene rings is 2. The molecule has 0 aliphatic carbocycles. The Balaban J connectivity index is 1.92. The lowest BCUT2D eigenvalue weighted by Gasteiger charge is -2.15. The first-order valence-electron chi connectivity index (χ1n) is 7.48. The van der Waals surface area contributed by atoms with Gasteiger partial charge in [0.1, 0.15) is 5.75 Å². The SMILES string of the molecule is CC(=O)c1ccc(O[C@@H](C)C(=O)Nc2ccc(SC(F)F)cc2)cc1. The third kappa shape index (κ3) is 5.86. The minimum atomic E-state index is -2.48. The van der Waals surface area contributed by atoms with Gasteiger partial charge in [0, 0.05) is 16.1 Å². The van der Waals surface area contributed by atoms with Gasteiger partial charge in [-0.2, -0.15) is 8.78 Å². The number of Topliss-reactive ketones (excluding diaryl/α,β-unsaturated/α-hetero) is 1. The third-order valence-corrected chi connectivity index (χ3v) is 4.01. The lowest BCUT2D eigenvalue weighted by molar-refractivity contribution is -0.122. The van der Waals surface area contributed by atoms with Crippen LogP contribution in [0.15, 0.2) is 53.4 Å². The normalized spacial score (nSPS) is 11.9. The molecule has 0 radical (unpaired) electrons. The van der Waals surface area contributed by atoms with E-state index in [0.717, 1.165) is 0 Å². The lowest BCUT2D eigenvalue weighted by Crippen LogP contribution is -2.30. The van der Waals surface area contributed by atoms with E-state index in [-0.39, 0.29) is 11.7 Å². The molecule has 0 aliphatic heterocycles. The second-order valence-electron chi connectivity index (χ2n) is 5.23. The number of hydrogen-bond acceptors (Lipinski definition) is 4. The molecule has 2 rings (SSSR count). The number of halogens is 2. The van der Waals surface area contributed by atoms with Gasteiger partial charge < -0.3 is 10.1 Å². The summed E-state index contributed by atoms with van der Waals surface area (Å²) < 4.78 is 30.1. The minimum Gasteiger partial charge on any atom is -0.481 e. The summed E-state index contributed by atoms with van der Waals surface area (Å²) in [5.74, 6) is -2.43. The fraction of sp³-hybridized carbons (Fsp3) is 0.222. The molecule has 2 aromatic carbocycles. The van der Waals surface area contributed by atoms with E-state index in [2.05, 4.69) is 5.32 Å². The van der Waals surface area contributed by atoms with Gasteiger partial charge >= 0.3 is 0 Å².